The van der Waals surface area contributed by atoms with Crippen molar-refractivity contribution in [1.82, 2.24) is 5.32 Å². The Morgan fingerprint density at radius 1 is 1.47 bits per heavy atom. The van der Waals surface area contributed by atoms with Gasteiger partial charge in [-0.2, -0.15) is 0 Å². The van der Waals surface area contributed by atoms with E-state index in [9.17, 15) is 4.79 Å². The van der Waals surface area contributed by atoms with Gasteiger partial charge in [0.1, 0.15) is 6.61 Å². The number of rotatable bonds is 4. The summed E-state index contributed by atoms with van der Waals surface area (Å²) in [6.45, 7) is 8.46. The Labute approximate surface area is 114 Å². The van der Waals surface area contributed by atoms with Gasteiger partial charge < -0.3 is 15.4 Å². The highest BCUT2D eigenvalue weighted by Crippen LogP contribution is 2.31. The lowest BCUT2D eigenvalue weighted by Gasteiger charge is -2.24. The fourth-order valence-corrected chi connectivity index (χ4v) is 1.89. The van der Waals surface area contributed by atoms with E-state index >= 15 is 0 Å². The number of benzene rings is 1. The number of ether oxygens (including phenoxy) is 1. The molecule has 2 N–H and O–H groups in total. The molecule has 0 saturated heterocycles. The summed E-state index contributed by atoms with van der Waals surface area (Å²) < 4.78 is 5.61. The molecule has 104 valence electrons. The molecule has 0 unspecified atom stereocenters. The zero-order valence-electron chi connectivity index (χ0n) is 11.9. The van der Waals surface area contributed by atoms with Gasteiger partial charge in [-0.3, -0.25) is 4.79 Å². The minimum Gasteiger partial charge on any atom is -0.489 e. The molecule has 1 aliphatic rings. The Morgan fingerprint density at radius 3 is 3.00 bits per heavy atom. The van der Waals surface area contributed by atoms with Gasteiger partial charge in [-0.1, -0.05) is 26.8 Å². The number of anilines is 1. The maximum absolute atomic E-state index is 12.3. The Kier molecular flexibility index (Phi) is 3.98. The van der Waals surface area contributed by atoms with Crippen LogP contribution in [0.25, 0.3) is 0 Å². The van der Waals surface area contributed by atoms with Gasteiger partial charge in [0.2, 0.25) is 0 Å². The van der Waals surface area contributed by atoms with Gasteiger partial charge in [-0.25, -0.2) is 0 Å². The first-order valence-corrected chi connectivity index (χ1v) is 6.81. The van der Waals surface area contributed by atoms with E-state index in [1.54, 1.807) is 6.07 Å². The lowest BCUT2D eigenvalue weighted by atomic mass is 9.90. The number of carbonyl (C=O) groups is 1. The van der Waals surface area contributed by atoms with Crippen molar-refractivity contribution in [3.8, 4) is 5.75 Å². The minimum absolute atomic E-state index is 0.0675. The van der Waals surface area contributed by atoms with Crippen LogP contribution in [-0.2, 0) is 0 Å². The van der Waals surface area contributed by atoms with Crippen LogP contribution in [0, 0.1) is 5.41 Å². The minimum atomic E-state index is -0.0675. The van der Waals surface area contributed by atoms with Crippen LogP contribution >= 0.6 is 0 Å². The number of fused-ring (bicyclic) bond motifs is 1. The van der Waals surface area contributed by atoms with Crippen LogP contribution in [0.1, 0.15) is 37.6 Å². The van der Waals surface area contributed by atoms with Crippen molar-refractivity contribution in [2.45, 2.75) is 27.2 Å². The molecule has 4 heteroatoms. The zero-order valence-corrected chi connectivity index (χ0v) is 11.9. The Bertz CT molecular complexity index is 469. The van der Waals surface area contributed by atoms with Crippen LogP contribution in [0.5, 0.6) is 5.75 Å². The van der Waals surface area contributed by atoms with E-state index in [0.29, 0.717) is 24.5 Å². The highest BCUT2D eigenvalue weighted by atomic mass is 16.5. The van der Waals surface area contributed by atoms with Crippen molar-refractivity contribution in [3.63, 3.8) is 0 Å². The van der Waals surface area contributed by atoms with E-state index in [1.165, 1.54) is 0 Å². The molecule has 0 fully saturated rings. The maximum Gasteiger partial charge on any atom is 0.255 e. The fraction of sp³-hybridized carbons (Fsp3) is 0.533. The van der Waals surface area contributed by atoms with Crippen LogP contribution in [-0.4, -0.2) is 25.6 Å². The Morgan fingerprint density at radius 2 is 2.26 bits per heavy atom. The molecule has 1 amide bonds. The molecular weight excluding hydrogens is 240 g/mol. The summed E-state index contributed by atoms with van der Waals surface area (Å²) in [5.41, 5.74) is 1.62. The van der Waals surface area contributed by atoms with Crippen LogP contribution in [0.3, 0.4) is 0 Å². The molecule has 1 heterocycles. The molecule has 1 aromatic rings. The number of amides is 1. The van der Waals surface area contributed by atoms with Gasteiger partial charge in [0.05, 0.1) is 11.3 Å². The highest BCUT2D eigenvalue weighted by molar-refractivity contribution is 5.99. The summed E-state index contributed by atoms with van der Waals surface area (Å²) >= 11 is 0. The van der Waals surface area contributed by atoms with E-state index in [2.05, 4.69) is 31.4 Å². The monoisotopic (exact) mass is 262 g/mol. The first-order chi connectivity index (χ1) is 9.03. The molecule has 0 radical (unpaired) electrons. The van der Waals surface area contributed by atoms with E-state index in [1.807, 2.05) is 12.1 Å². The van der Waals surface area contributed by atoms with Gasteiger partial charge in [-0.05, 0) is 24.0 Å². The normalized spacial score (nSPS) is 14.1. The van der Waals surface area contributed by atoms with Gasteiger partial charge in [0.25, 0.3) is 5.91 Å². The van der Waals surface area contributed by atoms with Gasteiger partial charge in [-0.15, -0.1) is 0 Å². The molecule has 0 bridgehead atoms. The number of hydrogen-bond donors (Lipinski definition) is 2. The smallest absolute Gasteiger partial charge is 0.255 e. The van der Waals surface area contributed by atoms with E-state index in [-0.39, 0.29) is 11.3 Å². The molecule has 1 aromatic carbocycles. The second-order valence-corrected chi connectivity index (χ2v) is 5.66. The number of carbonyl (C=O) groups excluding carboxylic acids is 1. The predicted octanol–water partition coefficient (Wildman–Crippen LogP) is 2.66. The fourth-order valence-electron chi connectivity index (χ4n) is 1.89. The topological polar surface area (TPSA) is 50.4 Å². The third-order valence-corrected chi connectivity index (χ3v) is 3.61. The summed E-state index contributed by atoms with van der Waals surface area (Å²) in [7, 11) is 0. The first kappa shape index (κ1) is 13.7. The molecule has 2 rings (SSSR count). The molecular formula is C15H22N2O2. The van der Waals surface area contributed by atoms with E-state index in [0.717, 1.165) is 18.7 Å². The Hall–Kier alpha value is -1.71. The lowest BCUT2D eigenvalue weighted by Crippen LogP contribution is -2.34. The van der Waals surface area contributed by atoms with E-state index < -0.39 is 0 Å². The molecule has 0 spiro atoms. The van der Waals surface area contributed by atoms with Gasteiger partial charge >= 0.3 is 0 Å². The van der Waals surface area contributed by atoms with Crippen LogP contribution in [0.4, 0.5) is 5.69 Å². The number of hydrogen-bond acceptors (Lipinski definition) is 3. The lowest BCUT2D eigenvalue weighted by molar-refractivity contribution is 0.0931. The molecule has 19 heavy (non-hydrogen) atoms. The summed E-state index contributed by atoms with van der Waals surface area (Å²) in [5, 5.41) is 6.23. The average molecular weight is 262 g/mol. The third-order valence-electron chi connectivity index (χ3n) is 3.61. The predicted molar refractivity (Wildman–Crippen MR) is 76.8 cm³/mol. The Balaban J connectivity index is 2.11. The quantitative estimate of drug-likeness (QED) is 0.877. The molecule has 0 saturated carbocycles. The average Bonchev–Trinajstić information content (AvgIpc) is 2.44. The second kappa shape index (κ2) is 5.51. The van der Waals surface area contributed by atoms with Crippen LogP contribution in [0.15, 0.2) is 18.2 Å². The summed E-state index contributed by atoms with van der Waals surface area (Å²) in [4.78, 5) is 12.3. The van der Waals surface area contributed by atoms with Crippen molar-refractivity contribution < 1.29 is 9.53 Å². The number of nitrogens with one attached hydrogen (secondary N) is 2. The van der Waals surface area contributed by atoms with Crippen molar-refractivity contribution in [2.24, 2.45) is 5.41 Å². The molecule has 0 atom stereocenters. The van der Waals surface area contributed by atoms with Gasteiger partial charge in [0, 0.05) is 13.1 Å². The summed E-state index contributed by atoms with van der Waals surface area (Å²) in [5.74, 6) is 0.600. The van der Waals surface area contributed by atoms with Crippen LogP contribution < -0.4 is 15.4 Å². The molecule has 0 aromatic heterocycles. The van der Waals surface area contributed by atoms with Crippen molar-refractivity contribution in [2.75, 3.05) is 25.0 Å². The molecule has 0 aliphatic carbocycles. The largest absolute Gasteiger partial charge is 0.489 e. The summed E-state index contributed by atoms with van der Waals surface area (Å²) in [6.07, 6.45) is 1.03. The summed E-state index contributed by atoms with van der Waals surface area (Å²) in [6, 6.07) is 5.61. The highest BCUT2D eigenvalue weighted by Gasteiger charge is 2.21. The van der Waals surface area contributed by atoms with Gasteiger partial charge in [0.15, 0.2) is 5.75 Å². The standard InChI is InChI=1S/C15H22N2O2/c1-4-15(2,3)10-17-14(18)11-6-5-7-12-13(11)19-9-8-16-12/h5-7,16H,4,8-10H2,1-3H3,(H,17,18). The van der Waals surface area contributed by atoms with Crippen molar-refractivity contribution >= 4 is 11.6 Å². The van der Waals surface area contributed by atoms with Crippen LogP contribution in [0.2, 0.25) is 0 Å². The zero-order chi connectivity index (χ0) is 13.9. The van der Waals surface area contributed by atoms with Crippen molar-refractivity contribution in [3.05, 3.63) is 23.8 Å². The van der Waals surface area contributed by atoms with Crippen molar-refractivity contribution in [1.29, 1.82) is 0 Å². The molecule has 1 aliphatic heterocycles. The maximum atomic E-state index is 12.3. The third kappa shape index (κ3) is 3.19. The second-order valence-electron chi connectivity index (χ2n) is 5.66. The van der Waals surface area contributed by atoms with E-state index in [4.69, 9.17) is 4.74 Å². The first-order valence-electron chi connectivity index (χ1n) is 6.81. The number of para-hydroxylation sites is 1. The SMILES string of the molecule is CCC(C)(C)CNC(=O)c1cccc2c1OCCN2. The molecule has 4 nitrogen and oxygen atoms in total.